The topological polar surface area (TPSA) is 52.6 Å². The number of halogens is 2. The zero-order valence-electron chi connectivity index (χ0n) is 19.0. The van der Waals surface area contributed by atoms with Crippen molar-refractivity contribution in [3.63, 3.8) is 0 Å². The SMILES string of the molecule is C[C@@H]1C[C@H]2[C@@H]3CCC4=CC(=O)C=C[C@]4(C)[C@@]3(Cl)[C@@H](Cl)C[C@]2(C)[C@]12OC(C)(C)OCC2=O. The molecule has 0 radical (unpaired) electrons. The summed E-state index contributed by atoms with van der Waals surface area (Å²) in [7, 11) is 0. The zero-order chi connectivity index (χ0) is 22.6. The van der Waals surface area contributed by atoms with Crippen molar-refractivity contribution in [2.24, 2.45) is 28.6 Å². The Morgan fingerprint density at radius 3 is 2.55 bits per heavy atom. The van der Waals surface area contributed by atoms with E-state index in [1.165, 1.54) is 0 Å². The van der Waals surface area contributed by atoms with Gasteiger partial charge in [-0.2, -0.15) is 0 Å². The molecular formula is C25H32Cl2O4. The Hall–Kier alpha value is -0.680. The lowest BCUT2D eigenvalue weighted by molar-refractivity contribution is -0.319. The fourth-order valence-corrected chi connectivity index (χ4v) is 9.33. The summed E-state index contributed by atoms with van der Waals surface area (Å²) < 4.78 is 12.3. The summed E-state index contributed by atoms with van der Waals surface area (Å²) in [5.74, 6) is -0.389. The second kappa shape index (κ2) is 6.46. The quantitative estimate of drug-likeness (QED) is 0.459. The average molecular weight is 467 g/mol. The van der Waals surface area contributed by atoms with Gasteiger partial charge < -0.3 is 9.47 Å². The third kappa shape index (κ3) is 2.51. The van der Waals surface area contributed by atoms with Gasteiger partial charge in [0, 0.05) is 10.8 Å². The third-order valence-corrected chi connectivity index (χ3v) is 11.1. The molecule has 0 aromatic carbocycles. The summed E-state index contributed by atoms with van der Waals surface area (Å²) in [6.45, 7) is 10.3. The molecule has 1 heterocycles. The number of allylic oxidation sites excluding steroid dienone is 4. The van der Waals surface area contributed by atoms with Gasteiger partial charge in [0.1, 0.15) is 12.2 Å². The highest BCUT2D eigenvalue weighted by molar-refractivity contribution is 6.34. The number of fused-ring (bicyclic) bond motifs is 6. The van der Waals surface area contributed by atoms with Crippen LogP contribution in [0.4, 0.5) is 0 Å². The van der Waals surface area contributed by atoms with Crippen LogP contribution in [0.3, 0.4) is 0 Å². The molecule has 0 bridgehead atoms. The van der Waals surface area contributed by atoms with Crippen molar-refractivity contribution in [1.29, 1.82) is 0 Å². The number of carbonyl (C=O) groups is 2. The lowest BCUT2D eigenvalue weighted by atomic mass is 9.46. The van der Waals surface area contributed by atoms with Crippen LogP contribution in [0, 0.1) is 28.6 Å². The van der Waals surface area contributed by atoms with Crippen LogP contribution in [-0.4, -0.2) is 39.8 Å². The van der Waals surface area contributed by atoms with Crippen LogP contribution in [0.15, 0.2) is 23.8 Å². The average Bonchev–Trinajstić information content (AvgIpc) is 2.88. The molecule has 1 spiro atoms. The minimum atomic E-state index is -0.917. The Kier molecular flexibility index (Phi) is 4.61. The van der Waals surface area contributed by atoms with E-state index in [0.717, 1.165) is 24.8 Å². The van der Waals surface area contributed by atoms with E-state index in [9.17, 15) is 9.59 Å². The summed E-state index contributed by atoms with van der Waals surface area (Å²) in [6.07, 6.45) is 8.53. The van der Waals surface area contributed by atoms with Crippen LogP contribution >= 0.6 is 23.2 Å². The predicted molar refractivity (Wildman–Crippen MR) is 120 cm³/mol. The third-order valence-electron chi connectivity index (χ3n) is 9.51. The number of hydrogen-bond donors (Lipinski definition) is 0. The maximum atomic E-state index is 13.5. The summed E-state index contributed by atoms with van der Waals surface area (Å²) in [4.78, 5) is 24.8. The van der Waals surface area contributed by atoms with Crippen LogP contribution in [-0.2, 0) is 19.1 Å². The predicted octanol–water partition coefficient (Wildman–Crippen LogP) is 5.21. The molecule has 170 valence electrons. The Morgan fingerprint density at radius 2 is 1.84 bits per heavy atom. The highest BCUT2D eigenvalue weighted by Crippen LogP contribution is 2.73. The Balaban J connectivity index is 1.63. The van der Waals surface area contributed by atoms with Gasteiger partial charge in [0.05, 0.1) is 10.3 Å². The van der Waals surface area contributed by atoms with Crippen molar-refractivity contribution in [2.45, 2.75) is 81.9 Å². The molecule has 0 aromatic heterocycles. The molecule has 4 nitrogen and oxygen atoms in total. The van der Waals surface area contributed by atoms with Crippen LogP contribution in [0.1, 0.15) is 60.3 Å². The minimum Gasteiger partial charge on any atom is -0.343 e. The van der Waals surface area contributed by atoms with Gasteiger partial charge in [-0.1, -0.05) is 32.4 Å². The van der Waals surface area contributed by atoms with Gasteiger partial charge in [-0.3, -0.25) is 9.59 Å². The molecule has 0 N–H and O–H groups in total. The largest absolute Gasteiger partial charge is 0.343 e. The van der Waals surface area contributed by atoms with Gasteiger partial charge in [-0.25, -0.2) is 0 Å². The summed E-state index contributed by atoms with van der Waals surface area (Å²) in [6, 6.07) is 0. The standard InChI is InChI=1S/C25H32Cl2O4/c1-14-10-18-17-7-6-15-11-16(28)8-9-22(15,4)24(17,27)19(26)12-23(18,5)25(14)20(29)13-30-21(2,3)31-25/h8-9,11,14,17-19H,6-7,10,12-13H2,1-5H3/t14-,17+,18+,19+,22+,23+,24+,25+/m1/s1. The Labute approximate surface area is 194 Å². The second-order valence-electron chi connectivity index (χ2n) is 11.3. The first-order valence-electron chi connectivity index (χ1n) is 11.5. The molecule has 1 saturated heterocycles. The zero-order valence-corrected chi connectivity index (χ0v) is 20.5. The highest BCUT2D eigenvalue weighted by Gasteiger charge is 2.76. The van der Waals surface area contributed by atoms with E-state index >= 15 is 0 Å². The highest BCUT2D eigenvalue weighted by atomic mass is 35.5. The van der Waals surface area contributed by atoms with Crippen LogP contribution in [0.5, 0.6) is 0 Å². The summed E-state index contributed by atoms with van der Waals surface area (Å²) in [5, 5.41) is -0.364. The maximum Gasteiger partial charge on any atom is 0.191 e. The van der Waals surface area contributed by atoms with Gasteiger partial charge >= 0.3 is 0 Å². The fourth-order valence-electron chi connectivity index (χ4n) is 8.10. The molecular weight excluding hydrogens is 435 g/mol. The minimum absolute atomic E-state index is 0.0230. The van der Waals surface area contributed by atoms with Crippen LogP contribution in [0.2, 0.25) is 0 Å². The molecule has 5 aliphatic rings. The molecule has 6 heteroatoms. The van der Waals surface area contributed by atoms with E-state index in [1.54, 1.807) is 12.2 Å². The molecule has 4 aliphatic carbocycles. The van der Waals surface area contributed by atoms with Crippen molar-refractivity contribution in [1.82, 2.24) is 0 Å². The van der Waals surface area contributed by atoms with E-state index in [-0.39, 0.29) is 41.3 Å². The molecule has 8 atom stereocenters. The number of carbonyl (C=O) groups excluding carboxylic acids is 2. The normalized spacial score (nSPS) is 53.1. The van der Waals surface area contributed by atoms with Gasteiger partial charge in [0.15, 0.2) is 17.4 Å². The number of hydrogen-bond acceptors (Lipinski definition) is 4. The lowest BCUT2D eigenvalue weighted by Gasteiger charge is -2.65. The Morgan fingerprint density at radius 1 is 1.13 bits per heavy atom. The number of rotatable bonds is 0. The molecule has 5 rings (SSSR count). The fraction of sp³-hybridized carbons (Fsp3) is 0.760. The number of ether oxygens (including phenoxy) is 2. The van der Waals surface area contributed by atoms with E-state index in [2.05, 4.69) is 20.8 Å². The summed E-state index contributed by atoms with van der Waals surface area (Å²) in [5.41, 5.74) is -0.732. The number of Topliss-reactive ketones (excluding diaryl/α,β-unsaturated/α-hetero) is 1. The van der Waals surface area contributed by atoms with Gasteiger partial charge in [-0.15, -0.1) is 23.2 Å². The first-order valence-corrected chi connectivity index (χ1v) is 12.3. The number of ketones is 2. The molecule has 3 saturated carbocycles. The molecule has 0 aromatic rings. The lowest BCUT2D eigenvalue weighted by Crippen LogP contribution is -2.70. The van der Waals surface area contributed by atoms with E-state index in [4.69, 9.17) is 32.7 Å². The molecule has 4 fully saturated rings. The summed E-state index contributed by atoms with van der Waals surface area (Å²) >= 11 is 14.8. The number of alkyl halides is 2. The van der Waals surface area contributed by atoms with Crippen LogP contribution < -0.4 is 0 Å². The van der Waals surface area contributed by atoms with Crippen molar-refractivity contribution in [3.05, 3.63) is 23.8 Å². The monoisotopic (exact) mass is 466 g/mol. The van der Waals surface area contributed by atoms with E-state index in [1.807, 2.05) is 19.9 Å². The second-order valence-corrected chi connectivity index (χ2v) is 12.5. The van der Waals surface area contributed by atoms with E-state index < -0.39 is 27.1 Å². The van der Waals surface area contributed by atoms with Crippen molar-refractivity contribution in [3.8, 4) is 0 Å². The first-order chi connectivity index (χ1) is 14.3. The molecule has 31 heavy (non-hydrogen) atoms. The smallest absolute Gasteiger partial charge is 0.191 e. The maximum absolute atomic E-state index is 13.5. The van der Waals surface area contributed by atoms with Crippen LogP contribution in [0.25, 0.3) is 0 Å². The van der Waals surface area contributed by atoms with Gasteiger partial charge in [0.2, 0.25) is 0 Å². The van der Waals surface area contributed by atoms with E-state index in [0.29, 0.717) is 6.42 Å². The molecule has 0 unspecified atom stereocenters. The molecule has 0 amide bonds. The van der Waals surface area contributed by atoms with Crippen molar-refractivity contribution < 1.29 is 19.1 Å². The van der Waals surface area contributed by atoms with Gasteiger partial charge in [-0.05, 0) is 69.4 Å². The van der Waals surface area contributed by atoms with Gasteiger partial charge in [0.25, 0.3) is 0 Å². The molecule has 1 aliphatic heterocycles. The van der Waals surface area contributed by atoms with Crippen molar-refractivity contribution >= 4 is 34.8 Å². The van der Waals surface area contributed by atoms with Crippen molar-refractivity contribution in [2.75, 3.05) is 6.61 Å². The first kappa shape index (κ1) is 22.1. The Bertz CT molecular complexity index is 924.